The number of carbonyl (C=O) groups excluding carboxylic acids is 1. The van der Waals surface area contributed by atoms with E-state index in [9.17, 15) is 14.9 Å². The van der Waals surface area contributed by atoms with E-state index in [2.05, 4.69) is 34.9 Å². The molecule has 0 spiro atoms. The van der Waals surface area contributed by atoms with Crippen molar-refractivity contribution >= 4 is 17.3 Å². The lowest BCUT2D eigenvalue weighted by Crippen LogP contribution is -2.48. The zero-order chi connectivity index (χ0) is 21.1. The number of amides is 1. The van der Waals surface area contributed by atoms with Crippen molar-refractivity contribution in [1.82, 2.24) is 9.80 Å². The van der Waals surface area contributed by atoms with Gasteiger partial charge < -0.3 is 9.80 Å². The molecule has 2 aromatic carbocycles. The summed E-state index contributed by atoms with van der Waals surface area (Å²) in [6, 6.07) is 13.1. The van der Waals surface area contributed by atoms with Crippen molar-refractivity contribution in [3.8, 4) is 0 Å². The van der Waals surface area contributed by atoms with Crippen molar-refractivity contribution in [3.05, 3.63) is 69.3 Å². The molecule has 0 radical (unpaired) electrons. The van der Waals surface area contributed by atoms with E-state index in [0.717, 1.165) is 51.3 Å². The largest absolute Gasteiger partial charge is 0.371 e. The zero-order valence-corrected chi connectivity index (χ0v) is 17.4. The van der Waals surface area contributed by atoms with Crippen LogP contribution in [0.1, 0.15) is 34.3 Å². The maximum Gasteiger partial charge on any atom is 0.270 e. The summed E-state index contributed by atoms with van der Waals surface area (Å²) in [6.07, 6.45) is 2.17. The quantitative estimate of drug-likeness (QED) is 0.560. The molecule has 2 aliphatic rings. The molecule has 2 fully saturated rings. The second kappa shape index (κ2) is 8.83. The van der Waals surface area contributed by atoms with Crippen molar-refractivity contribution in [2.24, 2.45) is 0 Å². The van der Waals surface area contributed by atoms with Gasteiger partial charge in [0, 0.05) is 57.9 Å². The van der Waals surface area contributed by atoms with Crippen molar-refractivity contribution in [2.45, 2.75) is 26.3 Å². The van der Waals surface area contributed by atoms with E-state index in [0.29, 0.717) is 18.7 Å². The molecule has 0 N–H and O–H groups in total. The van der Waals surface area contributed by atoms with E-state index >= 15 is 0 Å². The van der Waals surface area contributed by atoms with Gasteiger partial charge in [0.05, 0.1) is 16.2 Å². The third kappa shape index (κ3) is 4.31. The molecule has 2 aliphatic heterocycles. The maximum atomic E-state index is 13.3. The van der Waals surface area contributed by atoms with Crippen LogP contribution in [0.2, 0.25) is 0 Å². The van der Waals surface area contributed by atoms with Crippen LogP contribution in [-0.4, -0.2) is 59.9 Å². The van der Waals surface area contributed by atoms with Gasteiger partial charge in [-0.05, 0) is 37.0 Å². The molecule has 0 saturated carbocycles. The minimum absolute atomic E-state index is 0.0283. The average molecular weight is 409 g/mol. The third-order valence-corrected chi connectivity index (χ3v) is 6.18. The van der Waals surface area contributed by atoms with Gasteiger partial charge in [-0.15, -0.1) is 0 Å². The smallest absolute Gasteiger partial charge is 0.270 e. The summed E-state index contributed by atoms with van der Waals surface area (Å²) in [5, 5.41) is 11.3. The lowest BCUT2D eigenvalue weighted by molar-refractivity contribution is -0.384. The second-order valence-corrected chi connectivity index (χ2v) is 8.15. The number of aryl methyl sites for hydroxylation is 1. The van der Waals surface area contributed by atoms with E-state index < -0.39 is 4.92 Å². The summed E-state index contributed by atoms with van der Waals surface area (Å²) in [6.45, 7) is 7.65. The first-order valence-corrected chi connectivity index (χ1v) is 10.6. The number of nitro benzene ring substituents is 1. The van der Waals surface area contributed by atoms with Crippen molar-refractivity contribution in [3.63, 3.8) is 0 Å². The van der Waals surface area contributed by atoms with E-state index in [4.69, 9.17) is 0 Å². The minimum atomic E-state index is -0.426. The molecule has 7 nitrogen and oxygen atoms in total. The highest BCUT2D eigenvalue weighted by atomic mass is 16.6. The molecule has 0 unspecified atom stereocenters. The van der Waals surface area contributed by atoms with Crippen LogP contribution in [0.4, 0.5) is 11.4 Å². The van der Waals surface area contributed by atoms with Gasteiger partial charge in [-0.25, -0.2) is 0 Å². The van der Waals surface area contributed by atoms with Crippen LogP contribution >= 0.6 is 0 Å². The van der Waals surface area contributed by atoms with Crippen LogP contribution < -0.4 is 4.90 Å². The van der Waals surface area contributed by atoms with Gasteiger partial charge >= 0.3 is 0 Å². The van der Waals surface area contributed by atoms with Gasteiger partial charge in [-0.3, -0.25) is 19.8 Å². The third-order valence-electron chi connectivity index (χ3n) is 6.18. The molecule has 158 valence electrons. The topological polar surface area (TPSA) is 69.9 Å². The Labute approximate surface area is 177 Å². The van der Waals surface area contributed by atoms with Crippen LogP contribution in [-0.2, 0) is 6.54 Å². The van der Waals surface area contributed by atoms with Gasteiger partial charge in [0.1, 0.15) is 0 Å². The molecule has 0 aromatic heterocycles. The summed E-state index contributed by atoms with van der Waals surface area (Å²) in [4.78, 5) is 30.6. The number of rotatable bonds is 5. The van der Waals surface area contributed by atoms with Crippen molar-refractivity contribution in [1.29, 1.82) is 0 Å². The Kier molecular flexibility index (Phi) is 5.99. The first-order valence-electron chi connectivity index (χ1n) is 10.6. The fourth-order valence-electron chi connectivity index (χ4n) is 4.35. The number of anilines is 1. The van der Waals surface area contributed by atoms with Crippen LogP contribution in [0.3, 0.4) is 0 Å². The minimum Gasteiger partial charge on any atom is -0.371 e. The summed E-state index contributed by atoms with van der Waals surface area (Å²) in [5.41, 5.74) is 3.85. The first kappa shape index (κ1) is 20.3. The highest BCUT2D eigenvalue weighted by Crippen LogP contribution is 2.29. The fourth-order valence-corrected chi connectivity index (χ4v) is 4.35. The molecule has 2 heterocycles. The van der Waals surface area contributed by atoms with E-state index in [1.807, 2.05) is 11.0 Å². The SMILES string of the molecule is Cc1ccccc1CN1CCN(C(=O)c2cc([N+](=O)[O-])ccc2N2CCCC2)CC1. The molecule has 30 heavy (non-hydrogen) atoms. The number of nitrogens with zero attached hydrogens (tertiary/aromatic N) is 4. The molecular formula is C23H28N4O3. The number of benzene rings is 2. The van der Waals surface area contributed by atoms with E-state index in [1.54, 1.807) is 6.07 Å². The number of hydrogen-bond acceptors (Lipinski definition) is 5. The Bertz CT molecular complexity index is 932. The van der Waals surface area contributed by atoms with Crippen molar-refractivity contribution in [2.75, 3.05) is 44.2 Å². The van der Waals surface area contributed by atoms with Gasteiger partial charge in [0.15, 0.2) is 0 Å². The summed E-state index contributed by atoms with van der Waals surface area (Å²) in [7, 11) is 0. The average Bonchev–Trinajstić information content (AvgIpc) is 3.30. The molecule has 0 atom stereocenters. The highest BCUT2D eigenvalue weighted by Gasteiger charge is 2.28. The Balaban J connectivity index is 1.47. The van der Waals surface area contributed by atoms with Gasteiger partial charge in [0.25, 0.3) is 11.6 Å². The summed E-state index contributed by atoms with van der Waals surface area (Å²) < 4.78 is 0. The predicted molar refractivity (Wildman–Crippen MR) is 117 cm³/mol. The van der Waals surface area contributed by atoms with Crippen LogP contribution in [0.15, 0.2) is 42.5 Å². The molecule has 2 aromatic rings. The summed E-state index contributed by atoms with van der Waals surface area (Å²) >= 11 is 0. The zero-order valence-electron chi connectivity index (χ0n) is 17.4. The molecular weight excluding hydrogens is 380 g/mol. The Morgan fingerprint density at radius 2 is 1.70 bits per heavy atom. The number of nitro groups is 1. The Hall–Kier alpha value is -2.93. The molecule has 7 heteroatoms. The van der Waals surface area contributed by atoms with Gasteiger partial charge in [0.2, 0.25) is 0 Å². The fraction of sp³-hybridized carbons (Fsp3) is 0.435. The molecule has 0 aliphatic carbocycles. The number of carbonyl (C=O) groups is 1. The monoisotopic (exact) mass is 408 g/mol. The maximum absolute atomic E-state index is 13.3. The van der Waals surface area contributed by atoms with Crippen LogP contribution in [0, 0.1) is 17.0 Å². The predicted octanol–water partition coefficient (Wildman–Crippen LogP) is 3.46. The van der Waals surface area contributed by atoms with Crippen LogP contribution in [0.5, 0.6) is 0 Å². The highest BCUT2D eigenvalue weighted by molar-refractivity contribution is 6.00. The second-order valence-electron chi connectivity index (χ2n) is 8.15. The van der Waals surface area contributed by atoms with Crippen molar-refractivity contribution < 1.29 is 9.72 Å². The first-order chi connectivity index (χ1) is 14.5. The van der Waals surface area contributed by atoms with E-state index in [1.165, 1.54) is 23.3 Å². The van der Waals surface area contributed by atoms with Gasteiger partial charge in [-0.2, -0.15) is 0 Å². The number of piperazine rings is 1. The standard InChI is InChI=1S/C23H28N4O3/c1-18-6-2-3-7-19(18)17-24-12-14-26(15-13-24)23(28)21-16-20(27(29)30)8-9-22(21)25-10-4-5-11-25/h2-3,6-9,16H,4-5,10-15,17H2,1H3. The number of non-ortho nitro benzene ring substituents is 1. The molecule has 2 saturated heterocycles. The number of hydrogen-bond donors (Lipinski definition) is 0. The summed E-state index contributed by atoms with van der Waals surface area (Å²) in [5.74, 6) is -0.101. The normalized spacial score (nSPS) is 17.4. The Morgan fingerprint density at radius 1 is 1.00 bits per heavy atom. The lowest BCUT2D eigenvalue weighted by atomic mass is 10.1. The van der Waals surface area contributed by atoms with Crippen LogP contribution in [0.25, 0.3) is 0 Å². The van der Waals surface area contributed by atoms with E-state index in [-0.39, 0.29) is 11.6 Å². The lowest BCUT2D eigenvalue weighted by Gasteiger charge is -2.35. The molecule has 1 amide bonds. The Morgan fingerprint density at radius 3 is 2.37 bits per heavy atom. The van der Waals surface area contributed by atoms with Gasteiger partial charge in [-0.1, -0.05) is 24.3 Å². The molecule has 0 bridgehead atoms. The molecule has 4 rings (SSSR count).